The Labute approximate surface area is 151 Å². The molecule has 7 nitrogen and oxygen atoms in total. The largest absolute Gasteiger partial charge is 0.497 e. The molecular weight excluding hydrogens is 330 g/mol. The monoisotopic (exact) mass is 351 g/mol. The molecule has 0 atom stereocenters. The minimum Gasteiger partial charge on any atom is -0.497 e. The van der Waals surface area contributed by atoms with Gasteiger partial charge in [0.15, 0.2) is 5.82 Å². The third-order valence-electron chi connectivity index (χ3n) is 3.75. The van der Waals surface area contributed by atoms with Gasteiger partial charge in [-0.15, -0.1) is 10.2 Å². The van der Waals surface area contributed by atoms with E-state index in [4.69, 9.17) is 4.74 Å². The number of nitrogens with one attached hydrogen (secondary N) is 3. The van der Waals surface area contributed by atoms with E-state index in [0.717, 1.165) is 33.7 Å². The molecule has 7 heteroatoms. The van der Waals surface area contributed by atoms with Crippen LogP contribution in [0.3, 0.4) is 0 Å². The molecule has 26 heavy (non-hydrogen) atoms. The molecule has 0 unspecified atom stereocenters. The second kappa shape index (κ2) is 7.69. The second-order valence-electron chi connectivity index (χ2n) is 6.07. The fourth-order valence-corrected chi connectivity index (χ4v) is 2.64. The average molecular weight is 351 g/mol. The molecule has 3 aromatic rings. The standard InChI is InChI=1S/C19H21N5O2/c1-12(2)21-18-16-8-7-14(10-17(16)23-24-19(18)20-11-25)22-13-5-4-6-15(9-13)26-3/h4-12,22H,1-3H3,(H,21,23)(H,20,24,25). The number of carbonyl (C=O) groups is 1. The normalized spacial score (nSPS) is 10.6. The first-order chi connectivity index (χ1) is 12.6. The lowest BCUT2D eigenvalue weighted by Crippen LogP contribution is -2.13. The van der Waals surface area contributed by atoms with Crippen LogP contribution in [0, 0.1) is 0 Å². The van der Waals surface area contributed by atoms with Crippen LogP contribution in [0.1, 0.15) is 13.8 Å². The summed E-state index contributed by atoms with van der Waals surface area (Å²) in [7, 11) is 1.64. The minimum atomic E-state index is 0.184. The van der Waals surface area contributed by atoms with Crippen LogP contribution in [0.15, 0.2) is 42.5 Å². The first-order valence-electron chi connectivity index (χ1n) is 8.29. The lowest BCUT2D eigenvalue weighted by molar-refractivity contribution is -0.105. The number of amides is 1. The molecular formula is C19H21N5O2. The number of rotatable bonds is 7. The molecule has 0 aliphatic carbocycles. The maximum atomic E-state index is 10.8. The van der Waals surface area contributed by atoms with Gasteiger partial charge in [-0.25, -0.2) is 0 Å². The molecule has 0 saturated heterocycles. The van der Waals surface area contributed by atoms with E-state index in [1.54, 1.807) is 7.11 Å². The van der Waals surface area contributed by atoms with Crippen molar-refractivity contribution in [3.8, 4) is 5.75 Å². The SMILES string of the molecule is COc1cccc(Nc2ccc3c(NC(C)C)c(NC=O)nnc3c2)c1. The first-order valence-corrected chi connectivity index (χ1v) is 8.29. The lowest BCUT2D eigenvalue weighted by atomic mass is 10.1. The van der Waals surface area contributed by atoms with Crippen LogP contribution in [0.4, 0.5) is 22.9 Å². The van der Waals surface area contributed by atoms with Crippen LogP contribution in [0.2, 0.25) is 0 Å². The highest BCUT2D eigenvalue weighted by Crippen LogP contribution is 2.31. The number of hydrogen-bond donors (Lipinski definition) is 3. The molecule has 3 N–H and O–H groups in total. The van der Waals surface area contributed by atoms with E-state index in [1.165, 1.54) is 0 Å². The van der Waals surface area contributed by atoms with Crippen molar-refractivity contribution in [2.45, 2.75) is 19.9 Å². The van der Waals surface area contributed by atoms with Gasteiger partial charge in [0.1, 0.15) is 5.75 Å². The van der Waals surface area contributed by atoms with E-state index in [0.29, 0.717) is 12.2 Å². The average Bonchev–Trinajstić information content (AvgIpc) is 2.63. The van der Waals surface area contributed by atoms with E-state index in [2.05, 4.69) is 26.1 Å². The summed E-state index contributed by atoms with van der Waals surface area (Å²) in [5.74, 6) is 1.19. The summed E-state index contributed by atoms with van der Waals surface area (Å²) in [6.45, 7) is 4.05. The highest BCUT2D eigenvalue weighted by molar-refractivity contribution is 5.99. The summed E-state index contributed by atoms with van der Waals surface area (Å²) in [5.41, 5.74) is 3.27. The van der Waals surface area contributed by atoms with Gasteiger partial charge in [0.2, 0.25) is 6.41 Å². The fourth-order valence-electron chi connectivity index (χ4n) is 2.64. The predicted molar refractivity (Wildman–Crippen MR) is 104 cm³/mol. The number of carbonyl (C=O) groups excluding carboxylic acids is 1. The van der Waals surface area contributed by atoms with Gasteiger partial charge < -0.3 is 20.7 Å². The Morgan fingerprint density at radius 1 is 1.08 bits per heavy atom. The molecule has 0 spiro atoms. The van der Waals surface area contributed by atoms with Crippen molar-refractivity contribution < 1.29 is 9.53 Å². The molecule has 3 rings (SSSR count). The summed E-state index contributed by atoms with van der Waals surface area (Å²) >= 11 is 0. The number of methoxy groups -OCH3 is 1. The van der Waals surface area contributed by atoms with Crippen molar-refractivity contribution >= 4 is 40.2 Å². The fraction of sp³-hybridized carbons (Fsp3) is 0.211. The van der Waals surface area contributed by atoms with E-state index in [1.807, 2.05) is 56.3 Å². The maximum Gasteiger partial charge on any atom is 0.212 e. The summed E-state index contributed by atoms with van der Waals surface area (Å²) in [5, 5.41) is 18.5. The number of anilines is 4. The molecule has 1 heterocycles. The molecule has 0 aliphatic heterocycles. The molecule has 0 saturated carbocycles. The smallest absolute Gasteiger partial charge is 0.212 e. The summed E-state index contributed by atoms with van der Waals surface area (Å²) in [6, 6.07) is 13.7. The summed E-state index contributed by atoms with van der Waals surface area (Å²) in [4.78, 5) is 10.8. The van der Waals surface area contributed by atoms with Crippen molar-refractivity contribution in [2.24, 2.45) is 0 Å². The van der Waals surface area contributed by atoms with Crippen LogP contribution >= 0.6 is 0 Å². The third-order valence-corrected chi connectivity index (χ3v) is 3.75. The van der Waals surface area contributed by atoms with Gasteiger partial charge in [0, 0.05) is 28.9 Å². The van der Waals surface area contributed by atoms with E-state index >= 15 is 0 Å². The van der Waals surface area contributed by atoms with Crippen LogP contribution < -0.4 is 20.7 Å². The van der Waals surface area contributed by atoms with Gasteiger partial charge in [-0.05, 0) is 44.2 Å². The van der Waals surface area contributed by atoms with Crippen LogP contribution in [0.25, 0.3) is 10.9 Å². The quantitative estimate of drug-likeness (QED) is 0.562. The van der Waals surface area contributed by atoms with Crippen molar-refractivity contribution in [3.63, 3.8) is 0 Å². The van der Waals surface area contributed by atoms with Crippen LogP contribution in [0.5, 0.6) is 5.75 Å². The van der Waals surface area contributed by atoms with E-state index < -0.39 is 0 Å². The van der Waals surface area contributed by atoms with E-state index in [9.17, 15) is 4.79 Å². The van der Waals surface area contributed by atoms with Gasteiger partial charge in [0.05, 0.1) is 18.3 Å². The highest BCUT2D eigenvalue weighted by atomic mass is 16.5. The zero-order valence-corrected chi connectivity index (χ0v) is 14.9. The van der Waals surface area contributed by atoms with Crippen molar-refractivity contribution in [3.05, 3.63) is 42.5 Å². The molecule has 134 valence electrons. The number of nitrogens with zero attached hydrogens (tertiary/aromatic N) is 2. The van der Waals surface area contributed by atoms with Crippen LogP contribution in [-0.4, -0.2) is 29.8 Å². The summed E-state index contributed by atoms with van der Waals surface area (Å²) in [6.07, 6.45) is 0.597. The Morgan fingerprint density at radius 3 is 2.62 bits per heavy atom. The molecule has 1 aromatic heterocycles. The first kappa shape index (κ1) is 17.5. The Balaban J connectivity index is 1.98. The predicted octanol–water partition coefficient (Wildman–Crippen LogP) is 3.77. The molecule has 1 amide bonds. The Hall–Kier alpha value is -3.35. The molecule has 0 aliphatic rings. The lowest BCUT2D eigenvalue weighted by Gasteiger charge is -2.16. The zero-order chi connectivity index (χ0) is 18.5. The Bertz CT molecular complexity index is 927. The highest BCUT2D eigenvalue weighted by Gasteiger charge is 2.12. The van der Waals surface area contributed by atoms with Gasteiger partial charge in [-0.2, -0.15) is 0 Å². The van der Waals surface area contributed by atoms with Gasteiger partial charge in [-0.3, -0.25) is 4.79 Å². The molecule has 0 fully saturated rings. The molecule has 0 radical (unpaired) electrons. The molecule has 2 aromatic carbocycles. The Kier molecular flexibility index (Phi) is 5.17. The van der Waals surface area contributed by atoms with Gasteiger partial charge in [-0.1, -0.05) is 6.07 Å². The topological polar surface area (TPSA) is 88.2 Å². The second-order valence-corrected chi connectivity index (χ2v) is 6.07. The number of benzene rings is 2. The number of ether oxygens (including phenoxy) is 1. The third kappa shape index (κ3) is 3.83. The van der Waals surface area contributed by atoms with Crippen molar-refractivity contribution in [1.29, 1.82) is 0 Å². The molecule has 0 bridgehead atoms. The van der Waals surface area contributed by atoms with Crippen molar-refractivity contribution in [2.75, 3.05) is 23.1 Å². The van der Waals surface area contributed by atoms with Crippen LogP contribution in [-0.2, 0) is 4.79 Å². The maximum absolute atomic E-state index is 10.8. The number of aromatic nitrogens is 2. The van der Waals surface area contributed by atoms with Gasteiger partial charge >= 0.3 is 0 Å². The number of hydrogen-bond acceptors (Lipinski definition) is 6. The minimum absolute atomic E-state index is 0.184. The Morgan fingerprint density at radius 2 is 1.88 bits per heavy atom. The number of fused-ring (bicyclic) bond motifs is 1. The van der Waals surface area contributed by atoms with Crippen molar-refractivity contribution in [1.82, 2.24) is 10.2 Å². The van der Waals surface area contributed by atoms with Gasteiger partial charge in [0.25, 0.3) is 0 Å². The summed E-state index contributed by atoms with van der Waals surface area (Å²) < 4.78 is 5.25. The van der Waals surface area contributed by atoms with E-state index in [-0.39, 0.29) is 6.04 Å². The zero-order valence-electron chi connectivity index (χ0n) is 14.9.